The van der Waals surface area contributed by atoms with Crippen molar-refractivity contribution in [1.29, 1.82) is 0 Å². The molecule has 0 unspecified atom stereocenters. The number of nitrogens with one attached hydrogen (secondary N) is 1. The van der Waals surface area contributed by atoms with E-state index in [1.54, 1.807) is 0 Å². The van der Waals surface area contributed by atoms with Gasteiger partial charge in [0.05, 0.1) is 23.5 Å². The number of hydrogen-bond acceptors (Lipinski definition) is 2. The fraction of sp³-hybridized carbons (Fsp3) is 0.125. The van der Waals surface area contributed by atoms with E-state index in [4.69, 9.17) is 0 Å². The number of nitrogens with zero attached hydrogens (tertiary/aromatic N) is 2. The predicted octanol–water partition coefficient (Wildman–Crippen LogP) is 2.97. The van der Waals surface area contributed by atoms with Crippen LogP contribution in [0, 0.1) is 0 Å². The van der Waals surface area contributed by atoms with Gasteiger partial charge in [0.2, 0.25) is 11.9 Å². The Balaban J connectivity index is 1.97. The van der Waals surface area contributed by atoms with Gasteiger partial charge in [0.15, 0.2) is 0 Å². The highest BCUT2D eigenvalue weighted by Crippen LogP contribution is 2.34. The number of rotatable bonds is 1. The van der Waals surface area contributed by atoms with Crippen molar-refractivity contribution in [1.82, 2.24) is 9.55 Å². The van der Waals surface area contributed by atoms with Crippen molar-refractivity contribution in [3.8, 4) is 0 Å². The summed E-state index contributed by atoms with van der Waals surface area (Å²) in [5, 5.41) is 2.86. The molecule has 2 aromatic carbocycles. The molecule has 3 aromatic rings. The molecule has 4 nitrogen and oxygen atoms in total. The molecule has 98 valence electrons. The number of benzene rings is 2. The van der Waals surface area contributed by atoms with E-state index >= 15 is 0 Å². The lowest BCUT2D eigenvalue weighted by Crippen LogP contribution is -2.28. The van der Waals surface area contributed by atoms with Crippen molar-refractivity contribution in [3.63, 3.8) is 0 Å². The molecule has 0 radical (unpaired) electrons. The summed E-state index contributed by atoms with van der Waals surface area (Å²) in [6.45, 7) is 0. The van der Waals surface area contributed by atoms with Crippen molar-refractivity contribution >= 4 is 22.9 Å². The number of para-hydroxylation sites is 2. The van der Waals surface area contributed by atoms with Crippen LogP contribution in [0.4, 0.5) is 5.95 Å². The van der Waals surface area contributed by atoms with Gasteiger partial charge in [-0.2, -0.15) is 0 Å². The molecule has 4 heteroatoms. The first kappa shape index (κ1) is 11.2. The average molecular weight is 263 g/mol. The number of anilines is 1. The number of imidazole rings is 1. The highest BCUT2D eigenvalue weighted by molar-refractivity contribution is 5.94. The molecule has 0 aliphatic carbocycles. The van der Waals surface area contributed by atoms with Crippen LogP contribution in [0.2, 0.25) is 0 Å². The Morgan fingerprint density at radius 2 is 1.80 bits per heavy atom. The van der Waals surface area contributed by atoms with E-state index in [9.17, 15) is 4.79 Å². The molecule has 0 saturated carbocycles. The van der Waals surface area contributed by atoms with Gasteiger partial charge in [-0.15, -0.1) is 0 Å². The normalized spacial score (nSPS) is 17.8. The van der Waals surface area contributed by atoms with Gasteiger partial charge in [0.1, 0.15) is 0 Å². The number of hydrogen-bond donors (Lipinski definition) is 1. The van der Waals surface area contributed by atoms with Crippen molar-refractivity contribution in [2.24, 2.45) is 0 Å². The highest BCUT2D eigenvalue weighted by atomic mass is 16.2. The minimum atomic E-state index is 0.00681. The van der Waals surface area contributed by atoms with Crippen LogP contribution >= 0.6 is 0 Å². The summed E-state index contributed by atoms with van der Waals surface area (Å²) in [5.41, 5.74) is 3.09. The molecule has 0 fully saturated rings. The first-order valence-corrected chi connectivity index (χ1v) is 6.65. The Hall–Kier alpha value is -2.62. The van der Waals surface area contributed by atoms with Gasteiger partial charge in [0, 0.05) is 0 Å². The third kappa shape index (κ3) is 1.61. The van der Waals surface area contributed by atoms with E-state index in [2.05, 4.69) is 27.0 Å². The van der Waals surface area contributed by atoms with Crippen molar-refractivity contribution < 1.29 is 4.79 Å². The van der Waals surface area contributed by atoms with Crippen LogP contribution in [-0.4, -0.2) is 15.5 Å². The van der Waals surface area contributed by atoms with Gasteiger partial charge in [0.25, 0.3) is 0 Å². The zero-order valence-electron chi connectivity index (χ0n) is 10.8. The minimum absolute atomic E-state index is 0.00681. The van der Waals surface area contributed by atoms with E-state index in [-0.39, 0.29) is 11.9 Å². The zero-order valence-corrected chi connectivity index (χ0v) is 10.8. The Morgan fingerprint density at radius 3 is 2.65 bits per heavy atom. The smallest absolute Gasteiger partial charge is 0.229 e. The van der Waals surface area contributed by atoms with Gasteiger partial charge < -0.3 is 4.57 Å². The molecule has 1 N–H and O–H groups in total. The summed E-state index contributed by atoms with van der Waals surface area (Å²) >= 11 is 0. The Morgan fingerprint density at radius 1 is 1.05 bits per heavy atom. The Labute approximate surface area is 116 Å². The topological polar surface area (TPSA) is 46.9 Å². The standard InChI is InChI=1S/C16H13N3O/c20-15-10-14(11-6-2-1-3-7-11)19-13-9-5-4-8-12(13)17-16(19)18-15/h1-9,14H,10H2,(H,17,18,20)/t14-/m0/s1. The molecule has 4 rings (SSSR count). The maximum atomic E-state index is 11.9. The van der Waals surface area contributed by atoms with E-state index in [1.165, 1.54) is 0 Å². The first-order valence-electron chi connectivity index (χ1n) is 6.65. The quantitative estimate of drug-likeness (QED) is 0.733. The first-order chi connectivity index (χ1) is 9.83. The maximum Gasteiger partial charge on any atom is 0.229 e. The van der Waals surface area contributed by atoms with Gasteiger partial charge in [-0.25, -0.2) is 4.98 Å². The van der Waals surface area contributed by atoms with Crippen LogP contribution in [0.1, 0.15) is 18.0 Å². The summed E-state index contributed by atoms with van der Waals surface area (Å²) in [6, 6.07) is 18.1. The summed E-state index contributed by atoms with van der Waals surface area (Å²) < 4.78 is 2.12. The van der Waals surface area contributed by atoms with Crippen LogP contribution in [0.25, 0.3) is 11.0 Å². The van der Waals surface area contributed by atoms with E-state index in [0.29, 0.717) is 12.4 Å². The lowest BCUT2D eigenvalue weighted by Gasteiger charge is -2.26. The number of carbonyl (C=O) groups is 1. The lowest BCUT2D eigenvalue weighted by molar-refractivity contribution is -0.117. The van der Waals surface area contributed by atoms with Crippen LogP contribution in [0.3, 0.4) is 0 Å². The average Bonchev–Trinajstić information content (AvgIpc) is 2.85. The fourth-order valence-corrected chi connectivity index (χ4v) is 2.83. The van der Waals surface area contributed by atoms with E-state index in [1.807, 2.05) is 42.5 Å². The van der Waals surface area contributed by atoms with Gasteiger partial charge in [-0.1, -0.05) is 42.5 Å². The molecule has 1 atom stereocenters. The summed E-state index contributed by atoms with van der Waals surface area (Å²) in [5.74, 6) is 0.651. The SMILES string of the molecule is O=C1C[C@@H](c2ccccc2)n2c(nc3ccccc32)N1. The minimum Gasteiger partial charge on any atom is -0.302 e. The van der Waals surface area contributed by atoms with Crippen LogP contribution in [0.15, 0.2) is 54.6 Å². The summed E-state index contributed by atoms with van der Waals surface area (Å²) in [7, 11) is 0. The molecule has 2 heterocycles. The third-order valence-corrected chi connectivity index (χ3v) is 3.72. The summed E-state index contributed by atoms with van der Waals surface area (Å²) in [4.78, 5) is 16.4. The predicted molar refractivity (Wildman–Crippen MR) is 77.6 cm³/mol. The zero-order chi connectivity index (χ0) is 13.5. The van der Waals surface area contributed by atoms with Crippen molar-refractivity contribution in [3.05, 3.63) is 60.2 Å². The second-order valence-electron chi connectivity index (χ2n) is 4.97. The van der Waals surface area contributed by atoms with Crippen LogP contribution < -0.4 is 5.32 Å². The summed E-state index contributed by atoms with van der Waals surface area (Å²) in [6.07, 6.45) is 0.442. The van der Waals surface area contributed by atoms with E-state index in [0.717, 1.165) is 16.6 Å². The third-order valence-electron chi connectivity index (χ3n) is 3.72. The Kier molecular flexibility index (Phi) is 2.36. The second-order valence-corrected chi connectivity index (χ2v) is 4.97. The van der Waals surface area contributed by atoms with Crippen molar-refractivity contribution in [2.45, 2.75) is 12.5 Å². The Bertz CT molecular complexity index is 792. The van der Waals surface area contributed by atoms with Gasteiger partial charge >= 0.3 is 0 Å². The van der Waals surface area contributed by atoms with Gasteiger partial charge in [-0.05, 0) is 17.7 Å². The fourth-order valence-electron chi connectivity index (χ4n) is 2.83. The molecule has 1 aliphatic heterocycles. The molecule has 1 aliphatic rings. The molecule has 1 amide bonds. The molecule has 0 bridgehead atoms. The molecular weight excluding hydrogens is 250 g/mol. The largest absolute Gasteiger partial charge is 0.302 e. The number of aromatic nitrogens is 2. The van der Waals surface area contributed by atoms with Crippen LogP contribution in [-0.2, 0) is 4.79 Å². The van der Waals surface area contributed by atoms with Crippen LogP contribution in [0.5, 0.6) is 0 Å². The van der Waals surface area contributed by atoms with Gasteiger partial charge in [-0.3, -0.25) is 10.1 Å². The second kappa shape index (κ2) is 4.20. The van der Waals surface area contributed by atoms with Crippen molar-refractivity contribution in [2.75, 3.05) is 5.32 Å². The molecule has 0 saturated heterocycles. The molecule has 1 aromatic heterocycles. The molecular formula is C16H13N3O. The molecule has 0 spiro atoms. The molecule has 20 heavy (non-hydrogen) atoms. The lowest BCUT2D eigenvalue weighted by atomic mass is 10.0. The number of fused-ring (bicyclic) bond motifs is 3. The number of amides is 1. The maximum absolute atomic E-state index is 11.9. The number of carbonyl (C=O) groups excluding carboxylic acids is 1. The highest BCUT2D eigenvalue weighted by Gasteiger charge is 2.28. The van der Waals surface area contributed by atoms with E-state index < -0.39 is 0 Å². The monoisotopic (exact) mass is 263 g/mol.